The van der Waals surface area contributed by atoms with Gasteiger partial charge in [0.1, 0.15) is 5.76 Å². The third-order valence-electron chi connectivity index (χ3n) is 3.97. The number of hydrogen-bond acceptors (Lipinski definition) is 3. The lowest BCUT2D eigenvalue weighted by Gasteiger charge is -2.39. The van der Waals surface area contributed by atoms with Gasteiger partial charge in [0.05, 0.1) is 12.7 Å². The van der Waals surface area contributed by atoms with E-state index in [1.54, 1.807) is 13.1 Å². The number of carbonyl (C=O) groups excluding carboxylic acids is 1. The highest BCUT2D eigenvalue weighted by Gasteiger charge is 2.30. The van der Waals surface area contributed by atoms with E-state index in [1.807, 2.05) is 4.90 Å². The first-order chi connectivity index (χ1) is 10.6. The van der Waals surface area contributed by atoms with Crippen LogP contribution in [0.3, 0.4) is 0 Å². The SMILES string of the molecule is Cc1ccc(CC2CN(C(=O)NCc3cnc(C)o3)C2)cc1. The molecule has 5 nitrogen and oxygen atoms in total. The molecule has 0 bridgehead atoms. The third kappa shape index (κ3) is 3.47. The molecule has 0 atom stereocenters. The third-order valence-corrected chi connectivity index (χ3v) is 3.97. The van der Waals surface area contributed by atoms with Crippen LogP contribution in [-0.2, 0) is 13.0 Å². The molecule has 116 valence electrons. The Labute approximate surface area is 130 Å². The maximum absolute atomic E-state index is 12.0. The highest BCUT2D eigenvalue weighted by molar-refractivity contribution is 5.74. The summed E-state index contributed by atoms with van der Waals surface area (Å²) in [5.74, 6) is 1.86. The second kappa shape index (κ2) is 6.22. The molecule has 0 unspecified atom stereocenters. The molecule has 0 spiro atoms. The topological polar surface area (TPSA) is 58.4 Å². The van der Waals surface area contributed by atoms with Crippen LogP contribution in [0.25, 0.3) is 0 Å². The summed E-state index contributed by atoms with van der Waals surface area (Å²) in [6.45, 7) is 5.90. The fourth-order valence-corrected chi connectivity index (χ4v) is 2.68. The number of hydrogen-bond donors (Lipinski definition) is 1. The summed E-state index contributed by atoms with van der Waals surface area (Å²) in [5, 5.41) is 2.86. The van der Waals surface area contributed by atoms with Crippen molar-refractivity contribution in [2.45, 2.75) is 26.8 Å². The average molecular weight is 299 g/mol. The van der Waals surface area contributed by atoms with E-state index in [1.165, 1.54) is 11.1 Å². The molecule has 3 rings (SSSR count). The van der Waals surface area contributed by atoms with Crippen LogP contribution in [0, 0.1) is 19.8 Å². The Kier molecular flexibility index (Phi) is 4.13. The number of oxazole rings is 1. The van der Waals surface area contributed by atoms with Crippen LogP contribution in [0.15, 0.2) is 34.9 Å². The Morgan fingerprint density at radius 1 is 1.32 bits per heavy atom. The summed E-state index contributed by atoms with van der Waals surface area (Å²) < 4.78 is 5.33. The highest BCUT2D eigenvalue weighted by Crippen LogP contribution is 2.20. The number of likely N-dealkylation sites (tertiary alicyclic amines) is 1. The van der Waals surface area contributed by atoms with Crippen LogP contribution in [0.5, 0.6) is 0 Å². The van der Waals surface area contributed by atoms with Crippen molar-refractivity contribution in [3.8, 4) is 0 Å². The van der Waals surface area contributed by atoms with Gasteiger partial charge in [0, 0.05) is 20.0 Å². The number of aryl methyl sites for hydroxylation is 2. The van der Waals surface area contributed by atoms with Crippen molar-refractivity contribution in [2.75, 3.05) is 13.1 Å². The van der Waals surface area contributed by atoms with Crippen molar-refractivity contribution < 1.29 is 9.21 Å². The number of benzene rings is 1. The van der Waals surface area contributed by atoms with E-state index < -0.39 is 0 Å². The zero-order valence-corrected chi connectivity index (χ0v) is 13.0. The van der Waals surface area contributed by atoms with Crippen LogP contribution < -0.4 is 5.32 Å². The minimum Gasteiger partial charge on any atom is -0.444 e. The molecule has 2 amide bonds. The van der Waals surface area contributed by atoms with Crippen LogP contribution >= 0.6 is 0 Å². The molecule has 0 saturated carbocycles. The number of rotatable bonds is 4. The summed E-state index contributed by atoms with van der Waals surface area (Å²) in [6.07, 6.45) is 2.68. The number of aromatic nitrogens is 1. The zero-order chi connectivity index (χ0) is 15.5. The van der Waals surface area contributed by atoms with Gasteiger partial charge in [0.15, 0.2) is 5.89 Å². The van der Waals surface area contributed by atoms with E-state index in [0.717, 1.165) is 19.5 Å². The van der Waals surface area contributed by atoms with Crippen molar-refractivity contribution in [1.82, 2.24) is 15.2 Å². The number of amides is 2. The molecule has 1 aromatic heterocycles. The smallest absolute Gasteiger partial charge is 0.317 e. The lowest BCUT2D eigenvalue weighted by Crippen LogP contribution is -2.54. The van der Waals surface area contributed by atoms with Crippen molar-refractivity contribution in [3.63, 3.8) is 0 Å². The summed E-state index contributed by atoms with van der Waals surface area (Å²) in [5.41, 5.74) is 2.62. The molecule has 2 heterocycles. The lowest BCUT2D eigenvalue weighted by atomic mass is 9.92. The van der Waals surface area contributed by atoms with Gasteiger partial charge < -0.3 is 14.6 Å². The predicted molar refractivity (Wildman–Crippen MR) is 83.4 cm³/mol. The second-order valence-corrected chi connectivity index (χ2v) is 5.97. The van der Waals surface area contributed by atoms with Crippen LogP contribution in [0.1, 0.15) is 22.8 Å². The predicted octanol–water partition coefficient (Wildman–Crippen LogP) is 2.68. The van der Waals surface area contributed by atoms with E-state index in [4.69, 9.17) is 4.42 Å². The first kappa shape index (κ1) is 14.6. The molecule has 0 radical (unpaired) electrons. The largest absolute Gasteiger partial charge is 0.444 e. The van der Waals surface area contributed by atoms with Gasteiger partial charge in [-0.05, 0) is 24.8 Å². The van der Waals surface area contributed by atoms with Gasteiger partial charge in [-0.15, -0.1) is 0 Å². The van der Waals surface area contributed by atoms with Gasteiger partial charge in [-0.25, -0.2) is 9.78 Å². The van der Waals surface area contributed by atoms with E-state index in [2.05, 4.69) is 41.5 Å². The van der Waals surface area contributed by atoms with Crippen molar-refractivity contribution >= 4 is 6.03 Å². The highest BCUT2D eigenvalue weighted by atomic mass is 16.4. The molecular formula is C17H21N3O2. The molecule has 1 N–H and O–H groups in total. The van der Waals surface area contributed by atoms with Gasteiger partial charge in [-0.2, -0.15) is 0 Å². The lowest BCUT2D eigenvalue weighted by molar-refractivity contribution is 0.120. The number of urea groups is 1. The fourth-order valence-electron chi connectivity index (χ4n) is 2.68. The van der Waals surface area contributed by atoms with E-state index in [0.29, 0.717) is 24.1 Å². The first-order valence-electron chi connectivity index (χ1n) is 7.60. The van der Waals surface area contributed by atoms with Crippen LogP contribution in [-0.4, -0.2) is 29.0 Å². The van der Waals surface area contributed by atoms with Crippen molar-refractivity contribution in [1.29, 1.82) is 0 Å². The Balaban J connectivity index is 1.40. The van der Waals surface area contributed by atoms with Gasteiger partial charge in [0.2, 0.25) is 0 Å². The molecule has 5 heteroatoms. The second-order valence-electron chi connectivity index (χ2n) is 5.97. The van der Waals surface area contributed by atoms with E-state index in [-0.39, 0.29) is 6.03 Å². The Morgan fingerprint density at radius 3 is 2.68 bits per heavy atom. The number of nitrogens with zero attached hydrogens (tertiary/aromatic N) is 2. The van der Waals surface area contributed by atoms with E-state index >= 15 is 0 Å². The molecule has 0 aliphatic carbocycles. The maximum Gasteiger partial charge on any atom is 0.317 e. The molecular weight excluding hydrogens is 278 g/mol. The van der Waals surface area contributed by atoms with Gasteiger partial charge in [-0.3, -0.25) is 0 Å². The standard InChI is InChI=1S/C17H21N3O2/c1-12-3-5-14(6-4-12)7-15-10-20(11-15)17(21)19-9-16-8-18-13(2)22-16/h3-6,8,15H,7,9-11H2,1-2H3,(H,19,21). The molecule has 1 aromatic carbocycles. The van der Waals surface area contributed by atoms with Gasteiger partial charge >= 0.3 is 6.03 Å². The Hall–Kier alpha value is -2.30. The zero-order valence-electron chi connectivity index (χ0n) is 13.0. The molecule has 22 heavy (non-hydrogen) atoms. The van der Waals surface area contributed by atoms with E-state index in [9.17, 15) is 4.79 Å². The van der Waals surface area contributed by atoms with Gasteiger partial charge in [0.25, 0.3) is 0 Å². The van der Waals surface area contributed by atoms with Crippen molar-refractivity contribution in [2.24, 2.45) is 5.92 Å². The van der Waals surface area contributed by atoms with Crippen molar-refractivity contribution in [3.05, 3.63) is 53.2 Å². The fraction of sp³-hybridized carbons (Fsp3) is 0.412. The summed E-state index contributed by atoms with van der Waals surface area (Å²) in [6, 6.07) is 8.58. The molecule has 1 aliphatic heterocycles. The number of carbonyl (C=O) groups is 1. The average Bonchev–Trinajstić information content (AvgIpc) is 2.87. The minimum absolute atomic E-state index is 0.0331. The van der Waals surface area contributed by atoms with Crippen LogP contribution in [0.2, 0.25) is 0 Å². The normalized spacial score (nSPS) is 14.7. The Bertz CT molecular complexity index is 642. The maximum atomic E-state index is 12.0. The monoisotopic (exact) mass is 299 g/mol. The van der Waals surface area contributed by atoms with Gasteiger partial charge in [-0.1, -0.05) is 29.8 Å². The molecule has 1 fully saturated rings. The molecule has 1 aliphatic rings. The summed E-state index contributed by atoms with van der Waals surface area (Å²) in [7, 11) is 0. The quantitative estimate of drug-likeness (QED) is 0.944. The number of nitrogens with one attached hydrogen (secondary N) is 1. The Morgan fingerprint density at radius 2 is 2.05 bits per heavy atom. The molecule has 1 saturated heterocycles. The summed E-state index contributed by atoms with van der Waals surface area (Å²) >= 11 is 0. The minimum atomic E-state index is -0.0331. The summed E-state index contributed by atoms with van der Waals surface area (Å²) in [4.78, 5) is 17.8. The van der Waals surface area contributed by atoms with Crippen LogP contribution in [0.4, 0.5) is 4.79 Å². The first-order valence-corrected chi connectivity index (χ1v) is 7.60. The molecule has 2 aromatic rings.